The molecule has 134 valence electrons. The number of carbonyl (C=O) groups is 1. The third-order valence-corrected chi connectivity index (χ3v) is 4.19. The van der Waals surface area contributed by atoms with Crippen LogP contribution in [-0.2, 0) is 9.53 Å². The average Bonchev–Trinajstić information content (AvgIpc) is 2.53. The van der Waals surface area contributed by atoms with Crippen LogP contribution in [0, 0.1) is 11.8 Å². The molecule has 2 rings (SSSR count). The van der Waals surface area contributed by atoms with E-state index in [1.54, 1.807) is 12.1 Å². The van der Waals surface area contributed by atoms with Crippen LogP contribution in [0.2, 0.25) is 0 Å². The Morgan fingerprint density at radius 3 is 2.75 bits per heavy atom. The highest BCUT2D eigenvalue weighted by molar-refractivity contribution is 5.92. The smallest absolute Gasteiger partial charge is 0.378 e. The van der Waals surface area contributed by atoms with E-state index in [0.717, 1.165) is 4.90 Å². The zero-order valence-electron chi connectivity index (χ0n) is 13.9. The van der Waals surface area contributed by atoms with Gasteiger partial charge in [0.2, 0.25) is 5.91 Å². The van der Waals surface area contributed by atoms with Crippen molar-refractivity contribution < 1.29 is 22.7 Å². The molecule has 24 heavy (non-hydrogen) atoms. The number of rotatable bonds is 5. The number of amides is 1. The molecule has 2 heterocycles. The molecular formula is C17H23F3N2O2. The van der Waals surface area contributed by atoms with Crippen molar-refractivity contribution in [3.05, 3.63) is 24.4 Å². The number of anilines is 1. The van der Waals surface area contributed by atoms with Crippen LogP contribution in [0.15, 0.2) is 24.4 Å². The Balaban J connectivity index is 2.07. The predicted molar refractivity (Wildman–Crippen MR) is 84.6 cm³/mol. The number of hydrogen-bond donors (Lipinski definition) is 0. The molecule has 1 fully saturated rings. The van der Waals surface area contributed by atoms with E-state index in [0.29, 0.717) is 25.4 Å². The molecule has 7 heteroatoms. The van der Waals surface area contributed by atoms with E-state index >= 15 is 0 Å². The van der Waals surface area contributed by atoms with Gasteiger partial charge < -0.3 is 4.74 Å². The van der Waals surface area contributed by atoms with Crippen LogP contribution in [0.3, 0.4) is 0 Å². The zero-order chi connectivity index (χ0) is 17.7. The number of ether oxygens (including phenoxy) is 1. The maximum absolute atomic E-state index is 12.9. The standard InChI is InChI=1S/C17H23F3N2O2/c1-12(2)14-9-13(6-8-24-14)10-16(23)22(11-17(18,19)20)15-5-3-4-7-21-15/h3-5,7,12-14H,6,8-11H2,1-2H3/t13-,14+/m0/s1. The number of hydrogen-bond acceptors (Lipinski definition) is 3. The topological polar surface area (TPSA) is 42.4 Å². The molecule has 0 saturated carbocycles. The summed E-state index contributed by atoms with van der Waals surface area (Å²) in [5, 5.41) is 0. The normalized spacial score (nSPS) is 21.8. The summed E-state index contributed by atoms with van der Waals surface area (Å²) >= 11 is 0. The number of halogens is 3. The van der Waals surface area contributed by atoms with Gasteiger partial charge in [0.05, 0.1) is 6.10 Å². The number of aromatic nitrogens is 1. The number of carbonyl (C=O) groups excluding carboxylic acids is 1. The lowest BCUT2D eigenvalue weighted by Crippen LogP contribution is -2.41. The molecule has 0 bridgehead atoms. The maximum atomic E-state index is 12.9. The predicted octanol–water partition coefficient (Wildman–Crippen LogP) is 3.82. The van der Waals surface area contributed by atoms with Crippen molar-refractivity contribution in [1.82, 2.24) is 4.98 Å². The molecule has 4 nitrogen and oxygen atoms in total. The SMILES string of the molecule is CC(C)[C@H]1C[C@@H](CC(=O)N(CC(F)(F)F)c2ccccn2)CCO1. The maximum Gasteiger partial charge on any atom is 0.406 e. The van der Waals surface area contributed by atoms with Crippen LogP contribution < -0.4 is 4.90 Å². The molecule has 1 aromatic rings. The molecule has 0 spiro atoms. The minimum atomic E-state index is -4.47. The molecule has 1 amide bonds. The Labute approximate surface area is 140 Å². The van der Waals surface area contributed by atoms with Gasteiger partial charge in [-0.25, -0.2) is 4.98 Å². The largest absolute Gasteiger partial charge is 0.406 e. The lowest BCUT2D eigenvalue weighted by molar-refractivity contribution is -0.134. The molecule has 1 aliphatic rings. The van der Waals surface area contributed by atoms with Gasteiger partial charge in [-0.2, -0.15) is 13.2 Å². The molecule has 0 N–H and O–H groups in total. The summed E-state index contributed by atoms with van der Waals surface area (Å²) < 4.78 is 44.2. The summed E-state index contributed by atoms with van der Waals surface area (Å²) in [6.07, 6.45) is -1.55. The summed E-state index contributed by atoms with van der Waals surface area (Å²) in [5.41, 5.74) is 0. The first-order valence-corrected chi connectivity index (χ1v) is 8.16. The molecule has 1 saturated heterocycles. The van der Waals surface area contributed by atoms with Crippen molar-refractivity contribution in [2.75, 3.05) is 18.1 Å². The third-order valence-electron chi connectivity index (χ3n) is 4.19. The van der Waals surface area contributed by atoms with Crippen LogP contribution in [0.25, 0.3) is 0 Å². The first-order valence-electron chi connectivity index (χ1n) is 8.16. The van der Waals surface area contributed by atoms with Crippen LogP contribution >= 0.6 is 0 Å². The van der Waals surface area contributed by atoms with Crippen molar-refractivity contribution in [3.63, 3.8) is 0 Å². The van der Waals surface area contributed by atoms with Gasteiger partial charge in [0.25, 0.3) is 0 Å². The first-order chi connectivity index (χ1) is 11.3. The molecule has 0 aromatic carbocycles. The van der Waals surface area contributed by atoms with E-state index in [1.165, 1.54) is 12.3 Å². The van der Waals surface area contributed by atoms with Crippen molar-refractivity contribution in [1.29, 1.82) is 0 Å². The highest BCUT2D eigenvalue weighted by atomic mass is 19.4. The van der Waals surface area contributed by atoms with Gasteiger partial charge in [0, 0.05) is 19.2 Å². The monoisotopic (exact) mass is 344 g/mol. The van der Waals surface area contributed by atoms with E-state index in [4.69, 9.17) is 4.74 Å². The summed E-state index contributed by atoms with van der Waals surface area (Å²) in [5.74, 6) is -0.143. The van der Waals surface area contributed by atoms with Gasteiger partial charge in [0.15, 0.2) is 0 Å². The Morgan fingerprint density at radius 2 is 2.17 bits per heavy atom. The van der Waals surface area contributed by atoms with E-state index in [9.17, 15) is 18.0 Å². The van der Waals surface area contributed by atoms with Crippen molar-refractivity contribution in [3.8, 4) is 0 Å². The van der Waals surface area contributed by atoms with Crippen LogP contribution in [0.4, 0.5) is 19.0 Å². The second-order valence-electron chi connectivity index (χ2n) is 6.53. The number of pyridine rings is 1. The second kappa shape index (κ2) is 7.96. The molecule has 1 aromatic heterocycles. The van der Waals surface area contributed by atoms with Gasteiger partial charge in [-0.1, -0.05) is 19.9 Å². The molecule has 1 aliphatic heterocycles. The van der Waals surface area contributed by atoms with Crippen LogP contribution in [-0.4, -0.2) is 36.3 Å². The molecule has 2 atom stereocenters. The van der Waals surface area contributed by atoms with Gasteiger partial charge in [-0.05, 0) is 36.8 Å². The second-order valence-corrected chi connectivity index (χ2v) is 6.53. The fourth-order valence-electron chi connectivity index (χ4n) is 2.90. The minimum Gasteiger partial charge on any atom is -0.378 e. The highest BCUT2D eigenvalue weighted by Gasteiger charge is 2.35. The summed E-state index contributed by atoms with van der Waals surface area (Å²) in [7, 11) is 0. The van der Waals surface area contributed by atoms with Crippen molar-refractivity contribution in [2.45, 2.75) is 45.4 Å². The molecular weight excluding hydrogens is 321 g/mol. The van der Waals surface area contributed by atoms with Crippen LogP contribution in [0.1, 0.15) is 33.1 Å². The Kier molecular flexibility index (Phi) is 6.21. The van der Waals surface area contributed by atoms with E-state index in [1.807, 2.05) is 13.8 Å². The van der Waals surface area contributed by atoms with Gasteiger partial charge in [-0.15, -0.1) is 0 Å². The number of nitrogens with zero attached hydrogens (tertiary/aromatic N) is 2. The Bertz CT molecular complexity index is 534. The first kappa shape index (κ1) is 18.7. The van der Waals surface area contributed by atoms with E-state index in [2.05, 4.69) is 4.98 Å². The summed E-state index contributed by atoms with van der Waals surface area (Å²) in [6, 6.07) is 4.60. The van der Waals surface area contributed by atoms with E-state index < -0.39 is 18.6 Å². The quantitative estimate of drug-likeness (QED) is 0.815. The number of alkyl halides is 3. The van der Waals surface area contributed by atoms with E-state index in [-0.39, 0.29) is 24.3 Å². The molecule has 0 aliphatic carbocycles. The fraction of sp³-hybridized carbons (Fsp3) is 0.647. The highest BCUT2D eigenvalue weighted by Crippen LogP contribution is 2.29. The Hall–Kier alpha value is -1.63. The fourth-order valence-corrected chi connectivity index (χ4v) is 2.90. The molecule has 0 unspecified atom stereocenters. The van der Waals surface area contributed by atoms with Gasteiger partial charge >= 0.3 is 6.18 Å². The van der Waals surface area contributed by atoms with Crippen LogP contribution in [0.5, 0.6) is 0 Å². The third kappa shape index (κ3) is 5.47. The molecule has 0 radical (unpaired) electrons. The lowest BCUT2D eigenvalue weighted by Gasteiger charge is -2.33. The summed E-state index contributed by atoms with van der Waals surface area (Å²) in [6.45, 7) is 3.31. The van der Waals surface area contributed by atoms with Crippen molar-refractivity contribution >= 4 is 11.7 Å². The summed E-state index contributed by atoms with van der Waals surface area (Å²) in [4.78, 5) is 17.1. The van der Waals surface area contributed by atoms with Gasteiger partial charge in [0.1, 0.15) is 12.4 Å². The Morgan fingerprint density at radius 1 is 1.42 bits per heavy atom. The average molecular weight is 344 g/mol. The van der Waals surface area contributed by atoms with Gasteiger partial charge in [-0.3, -0.25) is 9.69 Å². The minimum absolute atomic E-state index is 0.0345. The lowest BCUT2D eigenvalue weighted by atomic mass is 9.88. The van der Waals surface area contributed by atoms with Crippen molar-refractivity contribution in [2.24, 2.45) is 11.8 Å². The zero-order valence-corrected chi connectivity index (χ0v) is 13.9.